The third-order valence-corrected chi connectivity index (χ3v) is 4.53. The summed E-state index contributed by atoms with van der Waals surface area (Å²) in [7, 11) is 0. The number of halogens is 1. The smallest absolute Gasteiger partial charge is 0.222 e. The van der Waals surface area contributed by atoms with Crippen LogP contribution in [0.1, 0.15) is 44.4 Å². The van der Waals surface area contributed by atoms with Gasteiger partial charge in [-0.1, -0.05) is 49.7 Å². The molecule has 0 saturated heterocycles. The Morgan fingerprint density at radius 1 is 1.03 bits per heavy atom. The molecule has 0 aliphatic heterocycles. The highest BCUT2D eigenvalue weighted by Gasteiger charge is 2.17. The summed E-state index contributed by atoms with van der Waals surface area (Å²) in [6.45, 7) is 6.88. The van der Waals surface area contributed by atoms with Crippen molar-refractivity contribution in [2.24, 2.45) is 5.92 Å². The van der Waals surface area contributed by atoms with E-state index in [4.69, 9.17) is 16.3 Å². The van der Waals surface area contributed by atoms with Gasteiger partial charge in [0.05, 0.1) is 19.1 Å². The van der Waals surface area contributed by atoms with Crippen LogP contribution in [0.5, 0.6) is 5.75 Å². The van der Waals surface area contributed by atoms with Crippen LogP contribution in [0, 0.1) is 5.92 Å². The van der Waals surface area contributed by atoms with Crippen molar-refractivity contribution < 1.29 is 14.3 Å². The molecule has 0 aromatic heterocycles. The molecule has 6 heteroatoms. The van der Waals surface area contributed by atoms with Gasteiger partial charge in [-0.25, -0.2) is 0 Å². The van der Waals surface area contributed by atoms with Crippen molar-refractivity contribution in [3.63, 3.8) is 0 Å². The molecule has 156 valence electrons. The van der Waals surface area contributed by atoms with E-state index in [9.17, 15) is 9.59 Å². The molecule has 0 fully saturated rings. The molecule has 1 unspecified atom stereocenters. The summed E-state index contributed by atoms with van der Waals surface area (Å²) in [4.78, 5) is 23.9. The number of amides is 2. The van der Waals surface area contributed by atoms with Crippen LogP contribution in [0.15, 0.2) is 48.5 Å². The lowest BCUT2D eigenvalue weighted by Gasteiger charge is -2.18. The predicted octanol–water partition coefficient (Wildman–Crippen LogP) is 4.30. The Kier molecular flexibility index (Phi) is 9.00. The van der Waals surface area contributed by atoms with Crippen LogP contribution < -0.4 is 15.4 Å². The highest BCUT2D eigenvalue weighted by atomic mass is 35.5. The average molecular weight is 417 g/mol. The molecule has 2 rings (SSSR count). The maximum absolute atomic E-state index is 12.4. The van der Waals surface area contributed by atoms with Gasteiger partial charge in [0.2, 0.25) is 11.8 Å². The predicted molar refractivity (Wildman–Crippen MR) is 116 cm³/mol. The zero-order valence-electron chi connectivity index (χ0n) is 17.2. The number of benzene rings is 2. The highest BCUT2D eigenvalue weighted by Crippen LogP contribution is 2.19. The van der Waals surface area contributed by atoms with Gasteiger partial charge < -0.3 is 15.4 Å². The molecule has 0 spiro atoms. The van der Waals surface area contributed by atoms with Gasteiger partial charge in [-0.15, -0.1) is 0 Å². The van der Waals surface area contributed by atoms with E-state index in [0.29, 0.717) is 24.1 Å². The maximum atomic E-state index is 12.4. The van der Waals surface area contributed by atoms with Gasteiger partial charge in [0.1, 0.15) is 5.75 Å². The molecule has 0 aliphatic rings. The van der Waals surface area contributed by atoms with Gasteiger partial charge in [0, 0.05) is 18.5 Å². The van der Waals surface area contributed by atoms with Crippen molar-refractivity contribution in [1.29, 1.82) is 0 Å². The Labute approximate surface area is 177 Å². The molecular formula is C23H29ClN2O3. The standard InChI is InChI=1S/C23H29ClN2O3/c1-16(2)15-29-21-10-4-18(5-11-21)12-13-25-23(28)14-22(26-17(3)27)19-6-8-20(24)9-7-19/h4-11,16,22H,12-15H2,1-3H3,(H,25,28)(H,26,27). The summed E-state index contributed by atoms with van der Waals surface area (Å²) in [5, 5.41) is 6.36. The highest BCUT2D eigenvalue weighted by molar-refractivity contribution is 6.30. The Morgan fingerprint density at radius 3 is 2.28 bits per heavy atom. The molecule has 2 N–H and O–H groups in total. The second kappa shape index (κ2) is 11.5. The Bertz CT molecular complexity index is 789. The zero-order valence-corrected chi connectivity index (χ0v) is 18.0. The first-order valence-electron chi connectivity index (χ1n) is 9.84. The van der Waals surface area contributed by atoms with Gasteiger partial charge in [-0.3, -0.25) is 9.59 Å². The lowest BCUT2D eigenvalue weighted by Crippen LogP contribution is -2.33. The first-order chi connectivity index (χ1) is 13.8. The Hall–Kier alpha value is -2.53. The third-order valence-electron chi connectivity index (χ3n) is 4.28. The normalized spacial score (nSPS) is 11.8. The molecule has 0 radical (unpaired) electrons. The number of carbonyl (C=O) groups is 2. The minimum Gasteiger partial charge on any atom is -0.493 e. The molecule has 0 bridgehead atoms. The van der Waals surface area contributed by atoms with Crippen LogP contribution in [-0.2, 0) is 16.0 Å². The van der Waals surface area contributed by atoms with Gasteiger partial charge in [0.25, 0.3) is 0 Å². The number of rotatable bonds is 10. The molecule has 0 heterocycles. The van der Waals surface area contributed by atoms with Crippen molar-refractivity contribution in [1.82, 2.24) is 10.6 Å². The molecule has 1 atom stereocenters. The molecular weight excluding hydrogens is 388 g/mol. The summed E-state index contributed by atoms with van der Waals surface area (Å²) < 4.78 is 5.68. The van der Waals surface area contributed by atoms with E-state index in [-0.39, 0.29) is 24.3 Å². The minimum absolute atomic E-state index is 0.115. The van der Waals surface area contributed by atoms with E-state index in [1.165, 1.54) is 6.92 Å². The molecule has 2 aromatic carbocycles. The SMILES string of the molecule is CC(=O)NC(CC(=O)NCCc1ccc(OCC(C)C)cc1)c1ccc(Cl)cc1. The summed E-state index contributed by atoms with van der Waals surface area (Å²) in [6, 6.07) is 14.7. The fourth-order valence-corrected chi connectivity index (χ4v) is 2.94. The second-order valence-corrected chi connectivity index (χ2v) is 7.89. The van der Waals surface area contributed by atoms with Gasteiger partial charge in [-0.2, -0.15) is 0 Å². The first kappa shape index (κ1) is 22.8. The van der Waals surface area contributed by atoms with Crippen molar-refractivity contribution in [3.8, 4) is 5.75 Å². The molecule has 0 aliphatic carbocycles. The lowest BCUT2D eigenvalue weighted by atomic mass is 10.0. The van der Waals surface area contributed by atoms with E-state index in [1.807, 2.05) is 36.4 Å². The molecule has 5 nitrogen and oxygen atoms in total. The Morgan fingerprint density at radius 2 is 1.69 bits per heavy atom. The summed E-state index contributed by atoms with van der Waals surface area (Å²) in [5.41, 5.74) is 1.97. The van der Waals surface area contributed by atoms with Crippen LogP contribution in [-0.4, -0.2) is 25.0 Å². The van der Waals surface area contributed by atoms with E-state index in [0.717, 1.165) is 23.3 Å². The van der Waals surface area contributed by atoms with Crippen molar-refractivity contribution in [3.05, 3.63) is 64.7 Å². The molecule has 2 amide bonds. The minimum atomic E-state index is -0.387. The molecule has 29 heavy (non-hydrogen) atoms. The fraction of sp³-hybridized carbons (Fsp3) is 0.391. The first-order valence-corrected chi connectivity index (χ1v) is 10.2. The summed E-state index contributed by atoms with van der Waals surface area (Å²) >= 11 is 5.92. The largest absolute Gasteiger partial charge is 0.493 e. The number of nitrogens with one attached hydrogen (secondary N) is 2. The van der Waals surface area contributed by atoms with Crippen LogP contribution in [0.3, 0.4) is 0 Å². The van der Waals surface area contributed by atoms with Gasteiger partial charge >= 0.3 is 0 Å². The number of ether oxygens (including phenoxy) is 1. The van der Waals surface area contributed by atoms with Crippen molar-refractivity contribution in [2.75, 3.05) is 13.2 Å². The van der Waals surface area contributed by atoms with Crippen LogP contribution in [0.2, 0.25) is 5.02 Å². The zero-order chi connectivity index (χ0) is 21.2. The summed E-state index contributed by atoms with van der Waals surface area (Å²) in [6.07, 6.45) is 0.894. The van der Waals surface area contributed by atoms with E-state index >= 15 is 0 Å². The maximum Gasteiger partial charge on any atom is 0.222 e. The number of carbonyl (C=O) groups excluding carboxylic acids is 2. The van der Waals surface area contributed by atoms with Crippen molar-refractivity contribution in [2.45, 2.75) is 39.7 Å². The van der Waals surface area contributed by atoms with Gasteiger partial charge in [-0.05, 0) is 47.7 Å². The van der Waals surface area contributed by atoms with Crippen LogP contribution >= 0.6 is 11.6 Å². The molecule has 2 aromatic rings. The van der Waals surface area contributed by atoms with Crippen LogP contribution in [0.4, 0.5) is 0 Å². The number of hydrogen-bond donors (Lipinski definition) is 2. The number of hydrogen-bond acceptors (Lipinski definition) is 3. The third kappa shape index (κ3) is 8.57. The van der Waals surface area contributed by atoms with Crippen molar-refractivity contribution >= 4 is 23.4 Å². The van der Waals surface area contributed by atoms with Crippen LogP contribution in [0.25, 0.3) is 0 Å². The summed E-state index contributed by atoms with van der Waals surface area (Å²) in [5.74, 6) is 1.04. The van der Waals surface area contributed by atoms with E-state index < -0.39 is 0 Å². The van der Waals surface area contributed by atoms with Gasteiger partial charge in [0.15, 0.2) is 0 Å². The second-order valence-electron chi connectivity index (χ2n) is 7.46. The Balaban J connectivity index is 1.82. The quantitative estimate of drug-likeness (QED) is 0.606. The fourth-order valence-electron chi connectivity index (χ4n) is 2.81. The average Bonchev–Trinajstić information content (AvgIpc) is 2.67. The topological polar surface area (TPSA) is 67.4 Å². The van der Waals surface area contributed by atoms with E-state index in [2.05, 4.69) is 24.5 Å². The monoisotopic (exact) mass is 416 g/mol. The molecule has 0 saturated carbocycles. The lowest BCUT2D eigenvalue weighted by molar-refractivity contribution is -0.122. The van der Waals surface area contributed by atoms with E-state index in [1.54, 1.807) is 12.1 Å².